The molecule has 1 unspecified atom stereocenters. The predicted molar refractivity (Wildman–Crippen MR) is 51.8 cm³/mol. The first-order valence-electron chi connectivity index (χ1n) is 5.09. The summed E-state index contributed by atoms with van der Waals surface area (Å²) in [6, 6.07) is 0. The van der Waals surface area contributed by atoms with Crippen molar-refractivity contribution < 1.29 is 18.3 Å². The number of carbonyl (C=O) groups is 1. The number of hydrogen-bond donors (Lipinski definition) is 0. The molecule has 0 aromatic heterocycles. The molecule has 0 bridgehead atoms. The fourth-order valence-corrected chi connectivity index (χ4v) is 1.78. The number of halogens is 2. The van der Waals surface area contributed by atoms with Crippen molar-refractivity contribution in [3.05, 3.63) is 0 Å². The van der Waals surface area contributed by atoms with Gasteiger partial charge in [0.05, 0.1) is 13.5 Å². The number of ether oxygens (including phenoxy) is 1. The molecule has 1 saturated heterocycles. The van der Waals surface area contributed by atoms with Crippen LogP contribution in [-0.2, 0) is 9.53 Å². The molecule has 0 aliphatic carbocycles. The van der Waals surface area contributed by atoms with Gasteiger partial charge in [-0.05, 0) is 20.0 Å². The molecule has 1 rings (SSSR count). The van der Waals surface area contributed by atoms with E-state index in [1.807, 2.05) is 11.9 Å². The number of methoxy groups -OCH3 is 1. The first-order valence-corrected chi connectivity index (χ1v) is 5.09. The summed E-state index contributed by atoms with van der Waals surface area (Å²) in [5.74, 6) is -4.18. The Labute approximate surface area is 88.4 Å². The lowest BCUT2D eigenvalue weighted by Crippen LogP contribution is -2.30. The number of rotatable bonds is 2. The lowest BCUT2D eigenvalue weighted by molar-refractivity contribution is -0.146. The van der Waals surface area contributed by atoms with E-state index in [-0.39, 0.29) is 12.8 Å². The molecule has 1 atom stereocenters. The van der Waals surface area contributed by atoms with Gasteiger partial charge in [0.1, 0.15) is 0 Å². The molecule has 1 aliphatic heterocycles. The molecule has 1 heterocycles. The van der Waals surface area contributed by atoms with Gasteiger partial charge in [0.2, 0.25) is 0 Å². The number of hydrogen-bond acceptors (Lipinski definition) is 3. The summed E-state index contributed by atoms with van der Waals surface area (Å²) in [6.07, 6.45) is -0.0128. The van der Waals surface area contributed by atoms with Crippen LogP contribution in [0.15, 0.2) is 0 Å². The summed E-state index contributed by atoms with van der Waals surface area (Å²) < 4.78 is 31.6. The summed E-state index contributed by atoms with van der Waals surface area (Å²) in [5.41, 5.74) is 0. The van der Waals surface area contributed by atoms with Crippen molar-refractivity contribution in [3.63, 3.8) is 0 Å². The molecule has 15 heavy (non-hydrogen) atoms. The quantitative estimate of drug-likeness (QED) is 0.662. The topological polar surface area (TPSA) is 29.5 Å². The van der Waals surface area contributed by atoms with Gasteiger partial charge in [-0.1, -0.05) is 0 Å². The van der Waals surface area contributed by atoms with E-state index in [0.29, 0.717) is 19.5 Å². The number of nitrogens with zero attached hydrogens (tertiary/aromatic N) is 1. The second-order valence-corrected chi connectivity index (χ2v) is 4.08. The maximum atomic E-state index is 13.6. The highest BCUT2D eigenvalue weighted by Gasteiger charge is 2.42. The fourth-order valence-electron chi connectivity index (χ4n) is 1.78. The highest BCUT2D eigenvalue weighted by atomic mass is 19.3. The van der Waals surface area contributed by atoms with E-state index in [1.54, 1.807) is 0 Å². The van der Waals surface area contributed by atoms with Gasteiger partial charge in [-0.3, -0.25) is 4.79 Å². The average molecular weight is 221 g/mol. The van der Waals surface area contributed by atoms with Gasteiger partial charge in [-0.2, -0.15) is 0 Å². The Morgan fingerprint density at radius 2 is 2.20 bits per heavy atom. The van der Waals surface area contributed by atoms with Crippen LogP contribution in [-0.4, -0.2) is 44.0 Å². The first kappa shape index (κ1) is 12.4. The fraction of sp³-hybridized carbons (Fsp3) is 0.900. The van der Waals surface area contributed by atoms with E-state index in [0.717, 1.165) is 0 Å². The molecule has 0 amide bonds. The highest BCUT2D eigenvalue weighted by molar-refractivity contribution is 5.69. The van der Waals surface area contributed by atoms with Crippen LogP contribution in [0.5, 0.6) is 0 Å². The van der Waals surface area contributed by atoms with Crippen molar-refractivity contribution in [1.82, 2.24) is 4.90 Å². The lowest BCUT2D eigenvalue weighted by Gasteiger charge is -2.22. The van der Waals surface area contributed by atoms with Crippen molar-refractivity contribution in [1.29, 1.82) is 0 Å². The van der Waals surface area contributed by atoms with Crippen LogP contribution >= 0.6 is 0 Å². The van der Waals surface area contributed by atoms with Gasteiger partial charge < -0.3 is 9.64 Å². The number of carbonyl (C=O) groups excluding carboxylic acids is 1. The van der Waals surface area contributed by atoms with E-state index >= 15 is 0 Å². The zero-order valence-corrected chi connectivity index (χ0v) is 9.13. The molecular formula is C10H17F2NO2. The number of likely N-dealkylation sites (tertiary alicyclic amines) is 1. The van der Waals surface area contributed by atoms with Gasteiger partial charge in [0, 0.05) is 18.9 Å². The maximum Gasteiger partial charge on any atom is 0.306 e. The van der Waals surface area contributed by atoms with Crippen LogP contribution in [0.1, 0.15) is 19.3 Å². The van der Waals surface area contributed by atoms with Crippen LogP contribution in [0.2, 0.25) is 0 Å². The van der Waals surface area contributed by atoms with E-state index < -0.39 is 17.8 Å². The first-order chi connectivity index (χ1) is 6.95. The summed E-state index contributed by atoms with van der Waals surface area (Å²) in [4.78, 5) is 12.9. The molecule has 0 spiro atoms. The molecule has 1 aliphatic rings. The van der Waals surface area contributed by atoms with Crippen molar-refractivity contribution in [2.24, 2.45) is 5.92 Å². The van der Waals surface area contributed by atoms with Crippen molar-refractivity contribution >= 4 is 5.97 Å². The average Bonchev–Trinajstić information content (AvgIpc) is 2.30. The molecular weight excluding hydrogens is 204 g/mol. The molecule has 0 N–H and O–H groups in total. The zero-order valence-electron chi connectivity index (χ0n) is 9.13. The standard InChI is InChI=1S/C10H17F2NO2/c1-13-5-3-8(7-9(14)15-2)10(11,12)4-6-13/h8H,3-7H2,1-2H3. The molecule has 3 nitrogen and oxygen atoms in total. The summed E-state index contributed by atoms with van der Waals surface area (Å²) >= 11 is 0. The second kappa shape index (κ2) is 4.88. The third kappa shape index (κ3) is 3.41. The van der Waals surface area contributed by atoms with E-state index in [4.69, 9.17) is 0 Å². The molecule has 1 fully saturated rings. The van der Waals surface area contributed by atoms with Crippen LogP contribution in [0.25, 0.3) is 0 Å². The highest BCUT2D eigenvalue weighted by Crippen LogP contribution is 2.35. The van der Waals surface area contributed by atoms with E-state index in [9.17, 15) is 13.6 Å². The van der Waals surface area contributed by atoms with Gasteiger partial charge in [0.15, 0.2) is 0 Å². The summed E-state index contributed by atoms with van der Waals surface area (Å²) in [6.45, 7) is 0.988. The third-order valence-electron chi connectivity index (χ3n) is 2.92. The normalized spacial score (nSPS) is 27.1. The third-order valence-corrected chi connectivity index (χ3v) is 2.92. The molecule has 0 saturated carbocycles. The van der Waals surface area contributed by atoms with Crippen LogP contribution < -0.4 is 0 Å². The predicted octanol–water partition coefficient (Wildman–Crippen LogP) is 1.53. The van der Waals surface area contributed by atoms with Crippen LogP contribution in [0, 0.1) is 5.92 Å². The Morgan fingerprint density at radius 3 is 2.80 bits per heavy atom. The van der Waals surface area contributed by atoms with Crippen molar-refractivity contribution in [3.8, 4) is 0 Å². The van der Waals surface area contributed by atoms with Crippen LogP contribution in [0.4, 0.5) is 8.78 Å². The van der Waals surface area contributed by atoms with Gasteiger partial charge in [0.25, 0.3) is 5.92 Å². The van der Waals surface area contributed by atoms with Crippen LogP contribution in [0.3, 0.4) is 0 Å². The minimum atomic E-state index is -2.75. The Balaban J connectivity index is 2.62. The lowest BCUT2D eigenvalue weighted by atomic mass is 9.93. The van der Waals surface area contributed by atoms with Crippen molar-refractivity contribution in [2.45, 2.75) is 25.2 Å². The molecule has 0 radical (unpaired) electrons. The largest absolute Gasteiger partial charge is 0.469 e. The van der Waals surface area contributed by atoms with Gasteiger partial charge >= 0.3 is 5.97 Å². The minimum absolute atomic E-state index is 0.175. The van der Waals surface area contributed by atoms with Gasteiger partial charge in [-0.25, -0.2) is 8.78 Å². The molecule has 0 aromatic rings. The molecule has 0 aromatic carbocycles. The monoisotopic (exact) mass is 221 g/mol. The molecule has 88 valence electrons. The summed E-state index contributed by atoms with van der Waals surface area (Å²) in [7, 11) is 3.04. The van der Waals surface area contributed by atoms with E-state index in [2.05, 4.69) is 4.74 Å². The smallest absolute Gasteiger partial charge is 0.306 e. The SMILES string of the molecule is COC(=O)CC1CCN(C)CCC1(F)F. The Morgan fingerprint density at radius 1 is 1.53 bits per heavy atom. The summed E-state index contributed by atoms with van der Waals surface area (Å²) in [5, 5.41) is 0. The maximum absolute atomic E-state index is 13.6. The Hall–Kier alpha value is -0.710. The second-order valence-electron chi connectivity index (χ2n) is 4.08. The molecule has 5 heteroatoms. The Kier molecular flexibility index (Phi) is 4.02. The zero-order chi connectivity index (χ0) is 11.5. The number of alkyl halides is 2. The van der Waals surface area contributed by atoms with Gasteiger partial charge in [-0.15, -0.1) is 0 Å². The Bertz CT molecular complexity index is 233. The van der Waals surface area contributed by atoms with E-state index in [1.165, 1.54) is 7.11 Å². The van der Waals surface area contributed by atoms with Crippen molar-refractivity contribution in [2.75, 3.05) is 27.2 Å². The number of esters is 1. The minimum Gasteiger partial charge on any atom is -0.469 e.